The third kappa shape index (κ3) is 6.76. The van der Waals surface area contributed by atoms with Crippen LogP contribution in [0.2, 0.25) is 0 Å². The monoisotopic (exact) mass is 416 g/mol. The molecule has 0 atom stereocenters. The Morgan fingerprint density at radius 2 is 1.37 bits per heavy atom. The number of ether oxygens (including phenoxy) is 2. The summed E-state index contributed by atoms with van der Waals surface area (Å²) in [6.07, 6.45) is 2.24. The Morgan fingerprint density at radius 1 is 0.800 bits per heavy atom. The van der Waals surface area contributed by atoms with E-state index in [1.165, 1.54) is 12.1 Å². The van der Waals surface area contributed by atoms with E-state index in [9.17, 15) is 13.2 Å². The minimum atomic E-state index is -4.67. The maximum absolute atomic E-state index is 12.2. The van der Waals surface area contributed by atoms with Crippen LogP contribution in [0.1, 0.15) is 30.9 Å². The number of hydrogen-bond donors (Lipinski definition) is 0. The van der Waals surface area contributed by atoms with E-state index in [4.69, 9.17) is 4.74 Å². The van der Waals surface area contributed by atoms with E-state index in [-0.39, 0.29) is 5.75 Å². The predicted octanol–water partition coefficient (Wildman–Crippen LogP) is 6.01. The molecule has 0 unspecified atom stereocenters. The Labute approximate surface area is 173 Å². The predicted molar refractivity (Wildman–Crippen MR) is 108 cm³/mol. The molecule has 4 nitrogen and oxygen atoms in total. The van der Waals surface area contributed by atoms with Crippen LogP contribution in [0.4, 0.5) is 13.2 Å². The molecule has 158 valence electrons. The topological polar surface area (TPSA) is 44.2 Å². The van der Waals surface area contributed by atoms with Gasteiger partial charge in [-0.25, -0.2) is 9.97 Å². The molecule has 0 amide bonds. The Bertz CT molecular complexity index is 909. The summed E-state index contributed by atoms with van der Waals surface area (Å²) in [5.41, 5.74) is 2.97. The van der Waals surface area contributed by atoms with Gasteiger partial charge < -0.3 is 9.47 Å². The fourth-order valence-electron chi connectivity index (χ4n) is 2.84. The fraction of sp³-hybridized carbons (Fsp3) is 0.304. The molecule has 3 rings (SSSR count). The fourth-order valence-corrected chi connectivity index (χ4v) is 2.84. The van der Waals surface area contributed by atoms with Crippen LogP contribution in [0.25, 0.3) is 11.4 Å². The summed E-state index contributed by atoms with van der Waals surface area (Å²) in [6, 6.07) is 13.9. The summed E-state index contributed by atoms with van der Waals surface area (Å²) < 4.78 is 46.1. The smallest absolute Gasteiger partial charge is 0.490 e. The van der Waals surface area contributed by atoms with Gasteiger partial charge in [-0.1, -0.05) is 49.7 Å². The maximum Gasteiger partial charge on any atom is 0.573 e. The number of nitrogens with zero attached hydrogens (tertiary/aromatic N) is 2. The molecule has 0 bridgehead atoms. The highest BCUT2D eigenvalue weighted by molar-refractivity contribution is 5.55. The van der Waals surface area contributed by atoms with Gasteiger partial charge in [0.25, 0.3) is 0 Å². The van der Waals surface area contributed by atoms with Gasteiger partial charge in [-0.2, -0.15) is 0 Å². The van der Waals surface area contributed by atoms with Gasteiger partial charge in [-0.3, -0.25) is 0 Å². The van der Waals surface area contributed by atoms with Crippen LogP contribution in [0.15, 0.2) is 60.9 Å². The largest absolute Gasteiger partial charge is 0.573 e. The number of halogens is 3. The molecular weight excluding hydrogens is 393 g/mol. The number of alkyl halides is 3. The minimum absolute atomic E-state index is 0.211. The minimum Gasteiger partial charge on any atom is -0.490 e. The molecule has 30 heavy (non-hydrogen) atoms. The zero-order chi connectivity index (χ0) is 21.4. The van der Waals surface area contributed by atoms with Crippen molar-refractivity contribution in [2.75, 3.05) is 6.61 Å². The van der Waals surface area contributed by atoms with Gasteiger partial charge in [0.15, 0.2) is 11.6 Å². The van der Waals surface area contributed by atoms with Crippen molar-refractivity contribution in [1.82, 2.24) is 9.97 Å². The Morgan fingerprint density at radius 3 is 1.90 bits per heavy atom. The van der Waals surface area contributed by atoms with Crippen molar-refractivity contribution in [2.45, 2.75) is 39.0 Å². The van der Waals surface area contributed by atoms with Gasteiger partial charge in [0.05, 0.1) is 19.0 Å². The van der Waals surface area contributed by atoms with Gasteiger partial charge in [0.2, 0.25) is 0 Å². The molecule has 0 aliphatic rings. The maximum atomic E-state index is 12.2. The standard InChI is InChI=1S/C23H23F3N2O2/c1-2-3-14-29-21-15-27-22(28-16-21)19-10-6-17(7-11-19)4-5-18-8-12-20(13-9-18)30-23(24,25)26/h6-13,15-16H,2-5,14H2,1H3. The van der Waals surface area contributed by atoms with Crippen molar-refractivity contribution in [3.05, 3.63) is 72.1 Å². The molecule has 2 aromatic carbocycles. The molecule has 0 fully saturated rings. The van der Waals surface area contributed by atoms with Gasteiger partial charge in [-0.15, -0.1) is 13.2 Å². The van der Waals surface area contributed by atoms with Crippen LogP contribution in [0.5, 0.6) is 11.5 Å². The van der Waals surface area contributed by atoms with E-state index in [0.717, 1.165) is 36.0 Å². The van der Waals surface area contributed by atoms with Crippen LogP contribution in [-0.4, -0.2) is 22.9 Å². The van der Waals surface area contributed by atoms with Gasteiger partial charge >= 0.3 is 6.36 Å². The zero-order valence-electron chi connectivity index (χ0n) is 16.7. The Balaban J connectivity index is 1.53. The molecule has 3 aromatic rings. The van der Waals surface area contributed by atoms with Crippen LogP contribution >= 0.6 is 0 Å². The lowest BCUT2D eigenvalue weighted by Crippen LogP contribution is -2.17. The summed E-state index contributed by atoms with van der Waals surface area (Å²) in [4.78, 5) is 8.71. The van der Waals surface area contributed by atoms with Gasteiger partial charge in [-0.05, 0) is 42.5 Å². The molecule has 1 heterocycles. The van der Waals surface area contributed by atoms with E-state index in [2.05, 4.69) is 21.6 Å². The van der Waals surface area contributed by atoms with Crippen LogP contribution in [0, 0.1) is 0 Å². The van der Waals surface area contributed by atoms with Crippen molar-refractivity contribution in [3.8, 4) is 22.9 Å². The number of hydrogen-bond acceptors (Lipinski definition) is 4. The normalized spacial score (nSPS) is 11.3. The highest BCUT2D eigenvalue weighted by Crippen LogP contribution is 2.23. The lowest BCUT2D eigenvalue weighted by molar-refractivity contribution is -0.274. The molecule has 0 aliphatic carbocycles. The SMILES string of the molecule is CCCCOc1cnc(-c2ccc(CCc3ccc(OC(F)(F)F)cc3)cc2)nc1. The second-order valence-electron chi connectivity index (χ2n) is 6.83. The quantitative estimate of drug-likeness (QED) is 0.401. The molecule has 0 saturated heterocycles. The molecule has 0 spiro atoms. The van der Waals surface area contributed by atoms with E-state index < -0.39 is 6.36 Å². The molecule has 7 heteroatoms. The summed E-state index contributed by atoms with van der Waals surface area (Å²) in [5.74, 6) is 1.08. The van der Waals surface area contributed by atoms with Crippen LogP contribution in [0.3, 0.4) is 0 Å². The van der Waals surface area contributed by atoms with Gasteiger partial charge in [0, 0.05) is 5.56 Å². The van der Waals surface area contributed by atoms with Crippen LogP contribution in [-0.2, 0) is 12.8 Å². The second-order valence-corrected chi connectivity index (χ2v) is 6.83. The number of unbranched alkanes of at least 4 members (excludes halogenated alkanes) is 1. The number of benzene rings is 2. The average Bonchev–Trinajstić information content (AvgIpc) is 2.73. The molecular formula is C23H23F3N2O2. The van der Waals surface area contributed by atoms with Crippen molar-refractivity contribution in [2.24, 2.45) is 0 Å². The summed E-state index contributed by atoms with van der Waals surface area (Å²) >= 11 is 0. The molecule has 0 N–H and O–H groups in total. The first-order chi connectivity index (χ1) is 14.4. The summed E-state index contributed by atoms with van der Waals surface area (Å²) in [6.45, 7) is 2.77. The highest BCUT2D eigenvalue weighted by Gasteiger charge is 2.30. The van der Waals surface area contributed by atoms with E-state index in [1.807, 2.05) is 24.3 Å². The number of aromatic nitrogens is 2. The summed E-state index contributed by atoms with van der Waals surface area (Å²) in [7, 11) is 0. The van der Waals surface area contributed by atoms with Crippen LogP contribution < -0.4 is 9.47 Å². The number of rotatable bonds is 9. The van der Waals surface area contributed by atoms with Crippen molar-refractivity contribution >= 4 is 0 Å². The molecule has 0 aliphatic heterocycles. The molecule has 0 radical (unpaired) electrons. The number of aryl methyl sites for hydroxylation is 2. The second kappa shape index (κ2) is 10.1. The lowest BCUT2D eigenvalue weighted by atomic mass is 10.0. The molecule has 1 aromatic heterocycles. The first kappa shape index (κ1) is 21.6. The Kier molecular flexibility index (Phi) is 7.27. The van der Waals surface area contributed by atoms with Gasteiger partial charge in [0.1, 0.15) is 5.75 Å². The highest BCUT2D eigenvalue weighted by atomic mass is 19.4. The average molecular weight is 416 g/mol. The van der Waals surface area contributed by atoms with E-state index in [1.54, 1.807) is 24.5 Å². The van der Waals surface area contributed by atoms with Crippen molar-refractivity contribution < 1.29 is 22.6 Å². The zero-order valence-corrected chi connectivity index (χ0v) is 16.7. The third-order valence-electron chi connectivity index (χ3n) is 4.47. The van der Waals surface area contributed by atoms with Crippen molar-refractivity contribution in [1.29, 1.82) is 0 Å². The lowest BCUT2D eigenvalue weighted by Gasteiger charge is -2.09. The van der Waals surface area contributed by atoms with E-state index >= 15 is 0 Å². The third-order valence-corrected chi connectivity index (χ3v) is 4.47. The molecule has 0 saturated carbocycles. The van der Waals surface area contributed by atoms with Crippen molar-refractivity contribution in [3.63, 3.8) is 0 Å². The first-order valence-corrected chi connectivity index (χ1v) is 9.82. The Hall–Kier alpha value is -3.09. The first-order valence-electron chi connectivity index (χ1n) is 9.82. The summed E-state index contributed by atoms with van der Waals surface area (Å²) in [5, 5.41) is 0. The van der Waals surface area contributed by atoms with E-state index in [0.29, 0.717) is 24.6 Å².